The average Bonchev–Trinajstić information content (AvgIpc) is 3.14. The standard InChI is InChI=1S/C33H42N2O6/c1-5-39-30(37)33(22-24-12-7-6-8-13-24)17-11-18-35(23-33)29(36)27(34-31(38)41-32(2,3)4)21-25-16-19-40-28-15-10-9-14-26(28)20-25/h6-10,12-15,20,27H,5,11,16-19,21-23H2,1-4H3,(H,34,38)/t27-,33?/m1/s1. The van der Waals surface area contributed by atoms with Gasteiger partial charge in [-0.25, -0.2) is 4.79 Å². The number of esters is 1. The summed E-state index contributed by atoms with van der Waals surface area (Å²) in [7, 11) is 0. The van der Waals surface area contributed by atoms with E-state index < -0.39 is 23.2 Å². The molecule has 2 aromatic rings. The molecule has 1 fully saturated rings. The number of amides is 2. The van der Waals surface area contributed by atoms with E-state index in [9.17, 15) is 14.4 Å². The maximum absolute atomic E-state index is 14.2. The van der Waals surface area contributed by atoms with Crippen LogP contribution in [0.25, 0.3) is 6.08 Å². The van der Waals surface area contributed by atoms with Gasteiger partial charge in [0.05, 0.1) is 18.6 Å². The van der Waals surface area contributed by atoms with Crippen LogP contribution in [0.3, 0.4) is 0 Å². The Morgan fingerprint density at radius 2 is 1.80 bits per heavy atom. The van der Waals surface area contributed by atoms with Gasteiger partial charge in [0.2, 0.25) is 5.91 Å². The zero-order chi connectivity index (χ0) is 29.5. The second-order valence-electron chi connectivity index (χ2n) is 11.9. The number of carbonyl (C=O) groups is 3. The third-order valence-electron chi connectivity index (χ3n) is 7.40. The summed E-state index contributed by atoms with van der Waals surface area (Å²) in [4.78, 5) is 42.2. The average molecular weight is 563 g/mol. The minimum atomic E-state index is -0.865. The Morgan fingerprint density at radius 3 is 2.54 bits per heavy atom. The number of rotatable bonds is 8. The molecule has 1 unspecified atom stereocenters. The van der Waals surface area contributed by atoms with Crippen molar-refractivity contribution in [2.24, 2.45) is 5.41 Å². The van der Waals surface area contributed by atoms with Crippen molar-refractivity contribution in [3.05, 3.63) is 71.3 Å². The molecular formula is C33H42N2O6. The molecule has 2 atom stereocenters. The molecule has 0 aromatic heterocycles. The first-order valence-electron chi connectivity index (χ1n) is 14.5. The van der Waals surface area contributed by atoms with Crippen molar-refractivity contribution in [1.82, 2.24) is 10.2 Å². The SMILES string of the molecule is CCOC(=O)C1(Cc2ccccc2)CCCN(C(=O)[C@@H](CC2=Cc3ccccc3OCC2)NC(=O)OC(C)(C)C)C1. The number of piperidine rings is 1. The lowest BCUT2D eigenvalue weighted by Gasteiger charge is -2.42. The Hall–Kier alpha value is -3.81. The summed E-state index contributed by atoms with van der Waals surface area (Å²) in [5, 5.41) is 2.84. The molecule has 2 aromatic carbocycles. The molecule has 1 N–H and O–H groups in total. The monoisotopic (exact) mass is 562 g/mol. The van der Waals surface area contributed by atoms with Gasteiger partial charge < -0.3 is 24.4 Å². The lowest BCUT2D eigenvalue weighted by molar-refractivity contribution is -0.161. The molecule has 0 radical (unpaired) electrons. The first kappa shape index (κ1) is 30.2. The van der Waals surface area contributed by atoms with E-state index in [0.29, 0.717) is 45.3 Å². The van der Waals surface area contributed by atoms with Gasteiger partial charge in [-0.3, -0.25) is 9.59 Å². The van der Waals surface area contributed by atoms with Crippen LogP contribution in [0.5, 0.6) is 5.75 Å². The predicted octanol–water partition coefficient (Wildman–Crippen LogP) is 5.55. The van der Waals surface area contributed by atoms with Gasteiger partial charge in [0, 0.05) is 25.1 Å². The zero-order valence-corrected chi connectivity index (χ0v) is 24.6. The van der Waals surface area contributed by atoms with Crippen molar-refractivity contribution >= 4 is 24.0 Å². The molecule has 8 heteroatoms. The molecule has 1 saturated heterocycles. The Kier molecular flexibility index (Phi) is 9.73. The van der Waals surface area contributed by atoms with Crippen LogP contribution >= 0.6 is 0 Å². The number of benzene rings is 2. The van der Waals surface area contributed by atoms with Crippen molar-refractivity contribution in [2.75, 3.05) is 26.3 Å². The second-order valence-corrected chi connectivity index (χ2v) is 11.9. The quantitative estimate of drug-likeness (QED) is 0.424. The lowest BCUT2D eigenvalue weighted by atomic mass is 9.75. The number of fused-ring (bicyclic) bond motifs is 1. The number of carbonyl (C=O) groups excluding carboxylic acids is 3. The van der Waals surface area contributed by atoms with E-state index in [-0.39, 0.29) is 25.0 Å². The summed E-state index contributed by atoms with van der Waals surface area (Å²) in [5.41, 5.74) is 1.36. The fraction of sp³-hybridized carbons (Fsp3) is 0.485. The number of nitrogens with one attached hydrogen (secondary N) is 1. The molecule has 2 amide bonds. The highest BCUT2D eigenvalue weighted by Crippen LogP contribution is 2.36. The maximum Gasteiger partial charge on any atom is 0.408 e. The molecule has 0 aliphatic carbocycles. The van der Waals surface area contributed by atoms with Crippen LogP contribution in [0.1, 0.15) is 64.5 Å². The maximum atomic E-state index is 14.2. The highest BCUT2D eigenvalue weighted by atomic mass is 16.6. The summed E-state index contributed by atoms with van der Waals surface area (Å²) < 4.78 is 17.0. The van der Waals surface area contributed by atoms with Gasteiger partial charge in [-0.05, 0) is 65.0 Å². The van der Waals surface area contributed by atoms with Crippen LogP contribution in [0.15, 0.2) is 60.2 Å². The number of hydrogen-bond acceptors (Lipinski definition) is 6. The molecule has 2 heterocycles. The summed E-state index contributed by atoms with van der Waals surface area (Å²) in [6.07, 6.45) is 4.05. The molecule has 0 bridgehead atoms. The van der Waals surface area contributed by atoms with E-state index in [2.05, 4.69) is 5.32 Å². The number of hydrogen-bond donors (Lipinski definition) is 1. The summed E-state index contributed by atoms with van der Waals surface area (Å²) in [5.74, 6) is 0.261. The minimum absolute atomic E-state index is 0.219. The molecule has 0 spiro atoms. The smallest absolute Gasteiger partial charge is 0.408 e. The van der Waals surface area contributed by atoms with E-state index >= 15 is 0 Å². The lowest BCUT2D eigenvalue weighted by Crippen LogP contribution is -2.56. The van der Waals surface area contributed by atoms with E-state index in [4.69, 9.17) is 14.2 Å². The topological polar surface area (TPSA) is 94.2 Å². The van der Waals surface area contributed by atoms with Gasteiger partial charge in [-0.15, -0.1) is 0 Å². The Labute approximate surface area is 243 Å². The number of ether oxygens (including phenoxy) is 3. The Bertz CT molecular complexity index is 1250. The van der Waals surface area contributed by atoms with Crippen LogP contribution in [0.2, 0.25) is 0 Å². The van der Waals surface area contributed by atoms with Crippen LogP contribution in [0.4, 0.5) is 4.79 Å². The zero-order valence-electron chi connectivity index (χ0n) is 24.6. The van der Waals surface area contributed by atoms with Gasteiger partial charge in [-0.1, -0.05) is 60.2 Å². The molecule has 0 saturated carbocycles. The molecular weight excluding hydrogens is 520 g/mol. The third kappa shape index (κ3) is 8.12. The molecule has 2 aliphatic heterocycles. The Morgan fingerprint density at radius 1 is 1.07 bits per heavy atom. The normalized spacial score (nSPS) is 19.5. The van der Waals surface area contributed by atoms with Crippen LogP contribution < -0.4 is 10.1 Å². The van der Waals surface area contributed by atoms with Crippen LogP contribution in [-0.4, -0.2) is 60.8 Å². The number of alkyl carbamates (subject to hydrolysis) is 1. The second kappa shape index (κ2) is 13.2. The van der Waals surface area contributed by atoms with Crippen molar-refractivity contribution in [2.45, 2.75) is 71.4 Å². The molecule has 2 aliphatic rings. The van der Waals surface area contributed by atoms with E-state index in [1.165, 1.54) is 0 Å². The fourth-order valence-electron chi connectivity index (χ4n) is 5.58. The molecule has 41 heavy (non-hydrogen) atoms. The van der Waals surface area contributed by atoms with Crippen molar-refractivity contribution in [1.29, 1.82) is 0 Å². The van der Waals surface area contributed by atoms with Gasteiger partial charge >= 0.3 is 12.1 Å². The molecule has 4 rings (SSSR count). The van der Waals surface area contributed by atoms with Crippen LogP contribution in [0, 0.1) is 5.41 Å². The Balaban J connectivity index is 1.60. The van der Waals surface area contributed by atoms with Crippen LogP contribution in [-0.2, 0) is 25.5 Å². The van der Waals surface area contributed by atoms with Crippen molar-refractivity contribution in [3.63, 3.8) is 0 Å². The van der Waals surface area contributed by atoms with Crippen molar-refractivity contribution < 1.29 is 28.6 Å². The first-order valence-corrected chi connectivity index (χ1v) is 14.5. The van der Waals surface area contributed by atoms with Gasteiger partial charge in [0.1, 0.15) is 17.4 Å². The van der Waals surface area contributed by atoms with Gasteiger partial charge in [0.15, 0.2) is 0 Å². The number of para-hydroxylation sites is 1. The van der Waals surface area contributed by atoms with Gasteiger partial charge in [-0.2, -0.15) is 0 Å². The third-order valence-corrected chi connectivity index (χ3v) is 7.40. The number of nitrogens with zero attached hydrogens (tertiary/aromatic N) is 1. The van der Waals surface area contributed by atoms with E-state index in [1.807, 2.05) is 60.7 Å². The van der Waals surface area contributed by atoms with Gasteiger partial charge in [0.25, 0.3) is 0 Å². The highest BCUT2D eigenvalue weighted by molar-refractivity contribution is 5.87. The number of likely N-dealkylation sites (tertiary alicyclic amines) is 1. The van der Waals surface area contributed by atoms with E-state index in [0.717, 1.165) is 22.4 Å². The minimum Gasteiger partial charge on any atom is -0.493 e. The molecule has 8 nitrogen and oxygen atoms in total. The van der Waals surface area contributed by atoms with Crippen molar-refractivity contribution in [3.8, 4) is 5.75 Å². The highest BCUT2D eigenvalue weighted by Gasteiger charge is 2.46. The summed E-state index contributed by atoms with van der Waals surface area (Å²) in [6.45, 7) is 8.60. The summed E-state index contributed by atoms with van der Waals surface area (Å²) >= 11 is 0. The van der Waals surface area contributed by atoms with E-state index in [1.54, 1.807) is 32.6 Å². The fourth-order valence-corrected chi connectivity index (χ4v) is 5.58. The first-order chi connectivity index (χ1) is 19.6. The predicted molar refractivity (Wildman–Crippen MR) is 157 cm³/mol. The molecule has 220 valence electrons. The largest absolute Gasteiger partial charge is 0.493 e. The summed E-state index contributed by atoms with van der Waals surface area (Å²) in [6, 6.07) is 16.7.